The van der Waals surface area contributed by atoms with Crippen molar-refractivity contribution in [2.75, 3.05) is 5.32 Å². The van der Waals surface area contributed by atoms with Gasteiger partial charge in [-0.15, -0.1) is 0 Å². The lowest BCUT2D eigenvalue weighted by molar-refractivity contribution is -0.116. The van der Waals surface area contributed by atoms with Gasteiger partial charge in [-0.05, 0) is 54.7 Å². The summed E-state index contributed by atoms with van der Waals surface area (Å²) in [5.74, 6) is 3.09. The minimum absolute atomic E-state index is 0.140. The highest BCUT2D eigenvalue weighted by Gasteiger charge is 2.39. The third-order valence-corrected chi connectivity index (χ3v) is 6.45. The lowest BCUT2D eigenvalue weighted by atomic mass is 9.78. The van der Waals surface area contributed by atoms with E-state index in [1.807, 2.05) is 84.4 Å². The predicted molar refractivity (Wildman–Crippen MR) is 130 cm³/mol. The number of anilines is 1. The van der Waals surface area contributed by atoms with Crippen LogP contribution in [0, 0.1) is 6.92 Å². The second-order valence-electron chi connectivity index (χ2n) is 8.77. The van der Waals surface area contributed by atoms with Gasteiger partial charge in [0.2, 0.25) is 5.95 Å². The zero-order chi connectivity index (χ0) is 23.1. The summed E-state index contributed by atoms with van der Waals surface area (Å²) in [6.45, 7) is 1.87. The van der Waals surface area contributed by atoms with E-state index < -0.39 is 0 Å². The number of hydrogen-bond acceptors (Lipinski definition) is 5. The first kappa shape index (κ1) is 20.4. The minimum atomic E-state index is -0.351. The molecule has 0 radical (unpaired) electrons. The highest BCUT2D eigenvalue weighted by molar-refractivity contribution is 6.00. The van der Waals surface area contributed by atoms with Crippen molar-refractivity contribution in [2.45, 2.75) is 31.7 Å². The molecular weight excluding hydrogens is 424 g/mol. The average Bonchev–Trinajstić information content (AvgIpc) is 3.23. The van der Waals surface area contributed by atoms with Gasteiger partial charge in [-0.25, -0.2) is 4.68 Å². The fourth-order valence-corrected chi connectivity index (χ4v) is 4.96. The van der Waals surface area contributed by atoms with Crippen LogP contribution in [0.2, 0.25) is 0 Å². The van der Waals surface area contributed by atoms with Crippen LogP contribution in [0.25, 0.3) is 0 Å². The summed E-state index contributed by atoms with van der Waals surface area (Å²) >= 11 is 0. The van der Waals surface area contributed by atoms with E-state index in [9.17, 15) is 4.79 Å². The number of nitrogens with one attached hydrogen (secondary N) is 1. The molecule has 0 fully saturated rings. The Morgan fingerprint density at radius 1 is 0.882 bits per heavy atom. The first-order valence-corrected chi connectivity index (χ1v) is 11.5. The van der Waals surface area contributed by atoms with Gasteiger partial charge in [0.15, 0.2) is 5.78 Å². The number of aromatic nitrogens is 3. The highest BCUT2D eigenvalue weighted by atomic mass is 16.5. The fourth-order valence-electron chi connectivity index (χ4n) is 4.96. The molecule has 2 aliphatic rings. The third-order valence-electron chi connectivity index (χ3n) is 6.45. The zero-order valence-corrected chi connectivity index (χ0v) is 18.8. The number of hydrogen-bond donors (Lipinski definition) is 1. The van der Waals surface area contributed by atoms with Crippen LogP contribution in [0.5, 0.6) is 11.5 Å². The number of carbonyl (C=O) groups is 1. The SMILES string of the molecule is Cc1nc2n(n1)[C@@H](c1cccc(Oc3ccccc3)c1)C1=C(C[C@@H](c3ccccc3)CC1=O)N2. The van der Waals surface area contributed by atoms with Crippen molar-refractivity contribution < 1.29 is 9.53 Å². The number of para-hydroxylation sites is 1. The molecule has 0 saturated carbocycles. The average molecular weight is 449 g/mol. The van der Waals surface area contributed by atoms with E-state index >= 15 is 0 Å². The van der Waals surface area contributed by atoms with Crippen LogP contribution in [-0.2, 0) is 4.79 Å². The van der Waals surface area contributed by atoms with Crippen molar-refractivity contribution in [3.8, 4) is 11.5 Å². The van der Waals surface area contributed by atoms with Gasteiger partial charge in [-0.1, -0.05) is 60.7 Å². The van der Waals surface area contributed by atoms with E-state index in [4.69, 9.17) is 4.74 Å². The Balaban J connectivity index is 1.41. The Morgan fingerprint density at radius 2 is 1.59 bits per heavy atom. The first-order valence-electron chi connectivity index (χ1n) is 11.5. The molecule has 1 aliphatic carbocycles. The smallest absolute Gasteiger partial charge is 0.226 e. The molecule has 0 unspecified atom stereocenters. The van der Waals surface area contributed by atoms with Gasteiger partial charge < -0.3 is 10.1 Å². The van der Waals surface area contributed by atoms with Crippen molar-refractivity contribution in [1.82, 2.24) is 14.8 Å². The molecule has 2 atom stereocenters. The third kappa shape index (κ3) is 3.67. The molecule has 0 saturated heterocycles. The second-order valence-corrected chi connectivity index (χ2v) is 8.77. The quantitative estimate of drug-likeness (QED) is 0.428. The van der Waals surface area contributed by atoms with E-state index in [-0.39, 0.29) is 17.7 Å². The molecule has 6 heteroatoms. The van der Waals surface area contributed by atoms with Gasteiger partial charge in [0, 0.05) is 17.7 Å². The van der Waals surface area contributed by atoms with Gasteiger partial charge in [0.05, 0.1) is 0 Å². The number of allylic oxidation sites excluding steroid dienone is 2. The van der Waals surface area contributed by atoms with Crippen LogP contribution >= 0.6 is 0 Å². The summed E-state index contributed by atoms with van der Waals surface area (Å²) in [5, 5.41) is 8.06. The maximum Gasteiger partial charge on any atom is 0.226 e. The second kappa shape index (κ2) is 8.30. The Labute approximate surface area is 197 Å². The summed E-state index contributed by atoms with van der Waals surface area (Å²) in [5.41, 5.74) is 3.83. The normalized spacial score (nSPS) is 19.3. The molecule has 1 aromatic heterocycles. The van der Waals surface area contributed by atoms with Gasteiger partial charge in [-0.2, -0.15) is 10.1 Å². The van der Waals surface area contributed by atoms with E-state index in [1.54, 1.807) is 0 Å². The molecule has 0 spiro atoms. The molecule has 4 aromatic rings. The number of nitrogens with zero attached hydrogens (tertiary/aromatic N) is 3. The summed E-state index contributed by atoms with van der Waals surface area (Å²) < 4.78 is 7.91. The Bertz CT molecular complexity index is 1390. The molecular formula is C28H24N4O2. The molecule has 3 aromatic carbocycles. The lowest BCUT2D eigenvalue weighted by Crippen LogP contribution is -2.33. The Morgan fingerprint density at radius 3 is 2.38 bits per heavy atom. The van der Waals surface area contributed by atoms with Gasteiger partial charge in [0.25, 0.3) is 0 Å². The number of carbonyl (C=O) groups excluding carboxylic acids is 1. The molecule has 6 rings (SSSR count). The summed E-state index contributed by atoms with van der Waals surface area (Å²) in [4.78, 5) is 18.2. The van der Waals surface area contributed by atoms with Crippen molar-refractivity contribution >= 4 is 11.7 Å². The number of ether oxygens (including phenoxy) is 1. The van der Waals surface area contributed by atoms with E-state index in [0.29, 0.717) is 23.9 Å². The molecule has 1 N–H and O–H groups in total. The summed E-state index contributed by atoms with van der Waals surface area (Å²) in [6, 6.07) is 27.5. The number of Topliss-reactive ketones (excluding diaryl/α,β-unsaturated/α-hetero) is 1. The van der Waals surface area contributed by atoms with Crippen molar-refractivity contribution in [2.24, 2.45) is 0 Å². The molecule has 0 amide bonds. The van der Waals surface area contributed by atoms with Crippen LogP contribution in [-0.4, -0.2) is 20.5 Å². The molecule has 34 heavy (non-hydrogen) atoms. The predicted octanol–water partition coefficient (Wildman–Crippen LogP) is 5.79. The molecule has 1 aliphatic heterocycles. The van der Waals surface area contributed by atoms with Crippen LogP contribution in [0.4, 0.5) is 5.95 Å². The zero-order valence-electron chi connectivity index (χ0n) is 18.8. The Hall–Kier alpha value is -4.19. The number of fused-ring (bicyclic) bond motifs is 1. The topological polar surface area (TPSA) is 69.0 Å². The van der Waals surface area contributed by atoms with Gasteiger partial charge in [0.1, 0.15) is 23.4 Å². The van der Waals surface area contributed by atoms with Crippen LogP contribution in [0.15, 0.2) is 96.2 Å². The van der Waals surface area contributed by atoms with Crippen LogP contribution < -0.4 is 10.1 Å². The highest BCUT2D eigenvalue weighted by Crippen LogP contribution is 2.44. The molecule has 2 heterocycles. The van der Waals surface area contributed by atoms with Crippen LogP contribution in [0.3, 0.4) is 0 Å². The van der Waals surface area contributed by atoms with E-state index in [1.165, 1.54) is 5.56 Å². The van der Waals surface area contributed by atoms with Crippen molar-refractivity contribution in [1.29, 1.82) is 0 Å². The molecule has 168 valence electrons. The maximum absolute atomic E-state index is 13.6. The maximum atomic E-state index is 13.6. The summed E-state index contributed by atoms with van der Waals surface area (Å²) in [7, 11) is 0. The van der Waals surface area contributed by atoms with Crippen LogP contribution in [0.1, 0.15) is 41.8 Å². The first-order chi connectivity index (χ1) is 16.7. The monoisotopic (exact) mass is 448 g/mol. The minimum Gasteiger partial charge on any atom is -0.457 e. The van der Waals surface area contributed by atoms with E-state index in [0.717, 1.165) is 29.0 Å². The van der Waals surface area contributed by atoms with E-state index in [2.05, 4.69) is 27.5 Å². The lowest BCUT2D eigenvalue weighted by Gasteiger charge is -2.35. The van der Waals surface area contributed by atoms with Crippen molar-refractivity contribution in [3.05, 3.63) is 113 Å². The molecule has 0 bridgehead atoms. The Kier molecular flexibility index (Phi) is 4.99. The largest absolute Gasteiger partial charge is 0.457 e. The standard InChI is InChI=1S/C28H24N4O2/c1-18-29-28-30-24-16-21(19-9-4-2-5-10-19)17-25(33)26(24)27(32(28)31-18)20-11-8-14-23(15-20)34-22-12-6-3-7-13-22/h2-15,21,27H,16-17H2,1H3,(H,29,30,31)/t21-,27+/m1/s1. The summed E-state index contributed by atoms with van der Waals surface area (Å²) in [6.07, 6.45) is 1.23. The van der Waals surface area contributed by atoms with Crippen molar-refractivity contribution in [3.63, 3.8) is 0 Å². The number of ketones is 1. The number of rotatable bonds is 4. The number of benzene rings is 3. The molecule has 6 nitrogen and oxygen atoms in total. The fraction of sp³-hybridized carbons (Fsp3) is 0.179. The number of aryl methyl sites for hydroxylation is 1. The van der Waals surface area contributed by atoms with Gasteiger partial charge in [-0.3, -0.25) is 4.79 Å². The van der Waals surface area contributed by atoms with Gasteiger partial charge >= 0.3 is 0 Å².